The zero-order chi connectivity index (χ0) is 22.1. The summed E-state index contributed by atoms with van der Waals surface area (Å²) in [4.78, 5) is 27.5. The van der Waals surface area contributed by atoms with Gasteiger partial charge in [0.25, 0.3) is 10.1 Å². The molecule has 2 aromatic carbocycles. The van der Waals surface area contributed by atoms with Crippen LogP contribution >= 0.6 is 11.3 Å². The third-order valence-electron chi connectivity index (χ3n) is 4.23. The molecule has 0 amide bonds. The second-order valence-electron chi connectivity index (χ2n) is 6.44. The van der Waals surface area contributed by atoms with E-state index in [-0.39, 0.29) is 4.90 Å². The molecule has 0 aliphatic heterocycles. The highest BCUT2D eigenvalue weighted by molar-refractivity contribution is 7.86. The van der Waals surface area contributed by atoms with Crippen LogP contribution in [-0.4, -0.2) is 35.6 Å². The Bertz CT molecular complexity index is 1290. The summed E-state index contributed by atoms with van der Waals surface area (Å²) in [5.41, 5.74) is 2.03. The molecular formula is C20H17N3O5S2. The quantitative estimate of drug-likeness (QED) is 0.251. The minimum atomic E-state index is -4.39. The monoisotopic (exact) mass is 443 g/mol. The number of Topliss-reactive ketones (excluding diaryl/α,β-unsaturated/α-hetero) is 1. The number of ketones is 2. The number of benzene rings is 2. The molecule has 0 fully saturated rings. The number of nitrogens with zero attached hydrogens (tertiary/aromatic N) is 3. The fourth-order valence-corrected chi connectivity index (χ4v) is 5.07. The van der Waals surface area contributed by atoms with Crippen molar-refractivity contribution < 1.29 is 22.6 Å². The van der Waals surface area contributed by atoms with E-state index in [4.69, 9.17) is 0 Å². The van der Waals surface area contributed by atoms with Crippen molar-refractivity contribution in [1.82, 2.24) is 4.98 Å². The summed E-state index contributed by atoms with van der Waals surface area (Å²) < 4.78 is 33.5. The molecule has 0 spiro atoms. The maximum atomic E-state index is 11.8. The van der Waals surface area contributed by atoms with E-state index in [0.29, 0.717) is 32.0 Å². The highest BCUT2D eigenvalue weighted by atomic mass is 32.2. The van der Waals surface area contributed by atoms with Crippen molar-refractivity contribution in [3.63, 3.8) is 0 Å². The molecule has 0 bridgehead atoms. The smallest absolute Gasteiger partial charge is 0.296 e. The van der Waals surface area contributed by atoms with Gasteiger partial charge in [0.15, 0.2) is 17.6 Å². The number of rotatable bonds is 7. The van der Waals surface area contributed by atoms with E-state index in [0.717, 1.165) is 17.4 Å². The average molecular weight is 444 g/mol. The first kappa shape index (κ1) is 21.6. The molecule has 0 radical (unpaired) electrons. The Morgan fingerprint density at radius 3 is 2.43 bits per heavy atom. The van der Waals surface area contributed by atoms with Crippen LogP contribution in [0.2, 0.25) is 0 Å². The van der Waals surface area contributed by atoms with Crippen LogP contribution in [0.4, 0.5) is 5.69 Å². The normalized spacial score (nSPS) is 12.9. The molecule has 0 saturated carbocycles. The van der Waals surface area contributed by atoms with E-state index < -0.39 is 27.7 Å². The van der Waals surface area contributed by atoms with Crippen molar-refractivity contribution in [3.8, 4) is 10.6 Å². The molecular weight excluding hydrogens is 426 g/mol. The maximum Gasteiger partial charge on any atom is 0.296 e. The van der Waals surface area contributed by atoms with Crippen LogP contribution in [0, 0.1) is 6.92 Å². The van der Waals surface area contributed by atoms with Gasteiger partial charge >= 0.3 is 0 Å². The summed E-state index contributed by atoms with van der Waals surface area (Å²) in [5, 5.41) is 8.30. The Balaban J connectivity index is 1.94. The summed E-state index contributed by atoms with van der Waals surface area (Å²) in [6.07, 6.45) is 1.03. The second kappa shape index (κ2) is 8.34. The molecule has 1 heterocycles. The van der Waals surface area contributed by atoms with E-state index >= 15 is 0 Å². The van der Waals surface area contributed by atoms with Crippen LogP contribution < -0.4 is 0 Å². The third-order valence-corrected chi connectivity index (χ3v) is 6.53. The Hall–Kier alpha value is -3.08. The van der Waals surface area contributed by atoms with E-state index in [1.807, 2.05) is 0 Å². The summed E-state index contributed by atoms with van der Waals surface area (Å²) >= 11 is 1.15. The molecule has 1 N–H and O–H groups in total. The number of carbonyl (C=O) groups is 2. The van der Waals surface area contributed by atoms with Crippen LogP contribution in [0.3, 0.4) is 0 Å². The maximum absolute atomic E-state index is 11.8. The topological polar surface area (TPSA) is 126 Å². The second-order valence-corrected chi connectivity index (χ2v) is 8.79. The number of azo groups is 1. The van der Waals surface area contributed by atoms with Crippen LogP contribution in [0.5, 0.6) is 0 Å². The Labute approximate surface area is 176 Å². The Morgan fingerprint density at radius 1 is 1.20 bits per heavy atom. The molecule has 1 unspecified atom stereocenters. The van der Waals surface area contributed by atoms with Gasteiger partial charge < -0.3 is 0 Å². The first-order valence-corrected chi connectivity index (χ1v) is 10.9. The predicted molar refractivity (Wildman–Crippen MR) is 114 cm³/mol. The molecule has 10 heteroatoms. The lowest BCUT2D eigenvalue weighted by molar-refractivity contribution is -0.125. The van der Waals surface area contributed by atoms with Crippen LogP contribution in [0.1, 0.15) is 12.5 Å². The van der Waals surface area contributed by atoms with Crippen molar-refractivity contribution in [2.75, 3.05) is 0 Å². The summed E-state index contributed by atoms with van der Waals surface area (Å²) in [6, 6.07) is 8.77. The van der Waals surface area contributed by atoms with Crippen molar-refractivity contribution >= 4 is 48.9 Å². The molecule has 1 aromatic heterocycles. The number of hydrogen-bond donors (Lipinski definition) is 1. The lowest BCUT2D eigenvalue weighted by Crippen LogP contribution is -2.23. The number of thiazole rings is 1. The molecule has 1 atom stereocenters. The molecule has 0 aliphatic carbocycles. The SMILES string of the molecule is C=CC(=O)C(/N=N/c1ccc(-c2nc3ccc(C)c(S(=O)(=O)O)c3s2)cc1)C(C)=O. The fourth-order valence-electron chi connectivity index (χ4n) is 2.76. The molecule has 3 rings (SSSR count). The molecule has 0 saturated heterocycles. The van der Waals surface area contributed by atoms with Crippen LogP contribution in [0.15, 0.2) is 64.2 Å². The van der Waals surface area contributed by atoms with Crippen molar-refractivity contribution in [2.24, 2.45) is 10.2 Å². The number of aryl methyl sites for hydroxylation is 1. The minimum Gasteiger partial charge on any atom is -0.297 e. The van der Waals surface area contributed by atoms with Gasteiger partial charge in [-0.2, -0.15) is 18.6 Å². The van der Waals surface area contributed by atoms with Gasteiger partial charge in [0.2, 0.25) is 0 Å². The molecule has 8 nitrogen and oxygen atoms in total. The Kier molecular flexibility index (Phi) is 6.01. The van der Waals surface area contributed by atoms with E-state index in [1.165, 1.54) is 6.92 Å². The van der Waals surface area contributed by atoms with Crippen molar-refractivity contribution in [3.05, 3.63) is 54.6 Å². The first-order valence-electron chi connectivity index (χ1n) is 8.67. The molecule has 154 valence electrons. The summed E-state index contributed by atoms with van der Waals surface area (Å²) in [7, 11) is -4.39. The van der Waals surface area contributed by atoms with Gasteiger partial charge in [0, 0.05) is 5.56 Å². The largest absolute Gasteiger partial charge is 0.297 e. The lowest BCUT2D eigenvalue weighted by atomic mass is 10.1. The number of fused-ring (bicyclic) bond motifs is 1. The van der Waals surface area contributed by atoms with Crippen molar-refractivity contribution in [1.29, 1.82) is 0 Å². The summed E-state index contributed by atoms with van der Waals surface area (Å²) in [6.45, 7) is 6.20. The molecule has 0 aliphatic rings. The third kappa shape index (κ3) is 4.40. The highest BCUT2D eigenvalue weighted by Gasteiger charge is 2.21. The average Bonchev–Trinajstić information content (AvgIpc) is 3.10. The summed E-state index contributed by atoms with van der Waals surface area (Å²) in [5.74, 6) is -0.957. The van der Waals surface area contributed by atoms with Gasteiger partial charge in [-0.05, 0) is 55.8 Å². The fraction of sp³-hybridized carbons (Fsp3) is 0.150. The van der Waals surface area contributed by atoms with Gasteiger partial charge in [-0.3, -0.25) is 14.1 Å². The zero-order valence-electron chi connectivity index (χ0n) is 16.1. The van der Waals surface area contributed by atoms with E-state index in [9.17, 15) is 22.6 Å². The molecule has 3 aromatic rings. The number of carbonyl (C=O) groups excluding carboxylic acids is 2. The van der Waals surface area contributed by atoms with Crippen LogP contribution in [0.25, 0.3) is 20.8 Å². The Morgan fingerprint density at radius 2 is 1.87 bits per heavy atom. The minimum absolute atomic E-state index is 0.142. The lowest BCUT2D eigenvalue weighted by Gasteiger charge is -2.02. The highest BCUT2D eigenvalue weighted by Crippen LogP contribution is 2.36. The molecule has 30 heavy (non-hydrogen) atoms. The number of aromatic nitrogens is 1. The number of hydrogen-bond acceptors (Lipinski definition) is 8. The predicted octanol–water partition coefficient (Wildman–Crippen LogP) is 4.31. The van der Waals surface area contributed by atoms with Gasteiger partial charge in [-0.25, -0.2) is 4.98 Å². The van der Waals surface area contributed by atoms with Crippen molar-refractivity contribution in [2.45, 2.75) is 24.8 Å². The van der Waals surface area contributed by atoms with E-state index in [2.05, 4.69) is 21.8 Å². The first-order chi connectivity index (χ1) is 14.1. The van der Waals surface area contributed by atoms with Gasteiger partial charge in [-0.15, -0.1) is 11.3 Å². The van der Waals surface area contributed by atoms with Gasteiger partial charge in [0.1, 0.15) is 9.90 Å². The standard InChI is InChI=1S/C20H17N3O5S2/c1-4-16(25)17(12(3)24)23-22-14-8-6-13(7-9-14)20-21-15-10-5-11(2)19(18(15)29-20)30(26,27)28/h4-10,17H,1H2,2-3H3,(H,26,27,28)/b23-22+. The zero-order valence-corrected chi connectivity index (χ0v) is 17.7. The van der Waals surface area contributed by atoms with Gasteiger partial charge in [-0.1, -0.05) is 12.6 Å². The van der Waals surface area contributed by atoms with Gasteiger partial charge in [0.05, 0.1) is 15.9 Å². The van der Waals surface area contributed by atoms with E-state index in [1.54, 1.807) is 43.3 Å². The van der Waals surface area contributed by atoms with Crippen LogP contribution in [-0.2, 0) is 19.7 Å².